The summed E-state index contributed by atoms with van der Waals surface area (Å²) in [7, 11) is 0. The van der Waals surface area contributed by atoms with Gasteiger partial charge in [0.05, 0.1) is 13.2 Å². The zero-order valence-corrected chi connectivity index (χ0v) is 13.4. The van der Waals surface area contributed by atoms with E-state index in [0.717, 1.165) is 49.6 Å². The van der Waals surface area contributed by atoms with Gasteiger partial charge in [-0.15, -0.1) is 0 Å². The molecule has 1 N–H and O–H groups in total. The van der Waals surface area contributed by atoms with E-state index < -0.39 is 0 Å². The number of benzene rings is 1. The largest absolute Gasteiger partial charge is 0.490 e. The van der Waals surface area contributed by atoms with E-state index in [4.69, 9.17) is 14.2 Å². The molecule has 1 aromatic rings. The Kier molecular flexibility index (Phi) is 4.21. The topological polar surface area (TPSA) is 69.2 Å². The van der Waals surface area contributed by atoms with Crippen molar-refractivity contribution in [2.75, 3.05) is 26.4 Å². The lowest BCUT2D eigenvalue weighted by Crippen LogP contribution is -2.33. The summed E-state index contributed by atoms with van der Waals surface area (Å²) in [5.74, 6) is 2.36. The molecule has 6 nitrogen and oxygen atoms in total. The first-order chi connectivity index (χ1) is 11.8. The van der Waals surface area contributed by atoms with Crippen LogP contribution in [0.25, 0.3) is 6.08 Å². The number of hydrogen-bond donors (Lipinski definition) is 1. The Hall–Kier alpha value is -2.34. The van der Waals surface area contributed by atoms with Gasteiger partial charge in [0.1, 0.15) is 11.5 Å². The van der Waals surface area contributed by atoms with Crippen molar-refractivity contribution in [3.63, 3.8) is 0 Å². The molecule has 0 atom stereocenters. The van der Waals surface area contributed by atoms with Crippen LogP contribution in [0.2, 0.25) is 0 Å². The molecule has 0 spiro atoms. The number of hydrogen-bond acceptors (Lipinski definition) is 5. The Morgan fingerprint density at radius 2 is 1.88 bits per heavy atom. The highest BCUT2D eigenvalue weighted by Gasteiger charge is 2.27. The second-order valence-corrected chi connectivity index (χ2v) is 6.12. The highest BCUT2D eigenvalue weighted by atomic mass is 16.5. The highest BCUT2D eigenvalue weighted by molar-refractivity contribution is 6.15. The van der Waals surface area contributed by atoms with Crippen molar-refractivity contribution in [2.24, 2.45) is 10.9 Å². The fourth-order valence-corrected chi connectivity index (χ4v) is 3.08. The van der Waals surface area contributed by atoms with Gasteiger partial charge < -0.3 is 19.5 Å². The highest BCUT2D eigenvalue weighted by Crippen LogP contribution is 2.31. The maximum atomic E-state index is 12.2. The number of amides is 1. The summed E-state index contributed by atoms with van der Waals surface area (Å²) in [5.41, 5.74) is 1.31. The first-order valence-electron chi connectivity index (χ1n) is 8.38. The van der Waals surface area contributed by atoms with Crippen molar-refractivity contribution in [1.29, 1.82) is 0 Å². The fourth-order valence-electron chi connectivity index (χ4n) is 3.08. The number of fused-ring (bicyclic) bond motifs is 1. The number of nitrogens with zero attached hydrogens (tertiary/aromatic N) is 1. The SMILES string of the molecule is O=C1NC(C2CCOCC2)=N/C1=C/c1ccc2c(c1)OCCCO2. The number of carbonyl (C=O) groups excluding carboxylic acids is 1. The van der Waals surface area contributed by atoms with E-state index >= 15 is 0 Å². The first-order valence-corrected chi connectivity index (χ1v) is 8.38. The Morgan fingerprint density at radius 3 is 2.71 bits per heavy atom. The molecule has 24 heavy (non-hydrogen) atoms. The molecule has 1 saturated heterocycles. The zero-order valence-electron chi connectivity index (χ0n) is 13.4. The summed E-state index contributed by atoms with van der Waals surface area (Å²) in [6, 6.07) is 5.68. The van der Waals surface area contributed by atoms with Gasteiger partial charge in [-0.3, -0.25) is 4.79 Å². The first kappa shape index (κ1) is 15.2. The van der Waals surface area contributed by atoms with E-state index in [0.29, 0.717) is 24.7 Å². The Labute approximate surface area is 140 Å². The molecule has 1 aromatic carbocycles. The van der Waals surface area contributed by atoms with Crippen LogP contribution in [0.5, 0.6) is 11.5 Å². The number of carbonyl (C=O) groups is 1. The maximum Gasteiger partial charge on any atom is 0.275 e. The predicted octanol–water partition coefficient (Wildman–Crippen LogP) is 2.14. The van der Waals surface area contributed by atoms with Gasteiger partial charge in [0.15, 0.2) is 11.5 Å². The normalized spacial score (nSPS) is 22.9. The molecule has 126 valence electrons. The summed E-state index contributed by atoms with van der Waals surface area (Å²) in [6.07, 6.45) is 4.45. The van der Waals surface area contributed by atoms with Crippen molar-refractivity contribution in [3.8, 4) is 11.5 Å². The van der Waals surface area contributed by atoms with Crippen LogP contribution in [0.1, 0.15) is 24.8 Å². The van der Waals surface area contributed by atoms with E-state index in [1.54, 1.807) is 6.08 Å². The predicted molar refractivity (Wildman–Crippen MR) is 89.1 cm³/mol. The van der Waals surface area contributed by atoms with Crippen LogP contribution in [0.15, 0.2) is 28.9 Å². The standard InChI is InChI=1S/C18H20N2O4/c21-18-14(19-17(20-18)13-4-8-22-9-5-13)10-12-2-3-15-16(11-12)24-7-1-6-23-15/h2-3,10-11,13H,1,4-9H2,(H,19,20,21)/b14-10+. The lowest BCUT2D eigenvalue weighted by molar-refractivity contribution is -0.115. The molecule has 0 aromatic heterocycles. The molecule has 3 aliphatic rings. The van der Waals surface area contributed by atoms with Crippen molar-refractivity contribution in [3.05, 3.63) is 29.5 Å². The molecule has 1 fully saturated rings. The van der Waals surface area contributed by atoms with E-state index in [2.05, 4.69) is 10.3 Å². The van der Waals surface area contributed by atoms with Crippen LogP contribution in [0.3, 0.4) is 0 Å². The average molecular weight is 328 g/mol. The van der Waals surface area contributed by atoms with Gasteiger partial charge in [-0.2, -0.15) is 0 Å². The third-order valence-electron chi connectivity index (χ3n) is 4.40. The molecule has 3 heterocycles. The molecule has 0 unspecified atom stereocenters. The molecule has 3 aliphatic heterocycles. The molecular formula is C18H20N2O4. The summed E-state index contributed by atoms with van der Waals surface area (Å²) in [6.45, 7) is 2.75. The molecule has 0 saturated carbocycles. The van der Waals surface area contributed by atoms with Crippen LogP contribution in [0, 0.1) is 5.92 Å². The minimum atomic E-state index is -0.149. The number of nitrogens with one attached hydrogen (secondary N) is 1. The molecule has 0 bridgehead atoms. The lowest BCUT2D eigenvalue weighted by atomic mass is 9.99. The van der Waals surface area contributed by atoms with Crippen LogP contribution in [-0.4, -0.2) is 38.2 Å². The van der Waals surface area contributed by atoms with Crippen molar-refractivity contribution >= 4 is 17.8 Å². The Balaban J connectivity index is 1.57. The van der Waals surface area contributed by atoms with Crippen LogP contribution < -0.4 is 14.8 Å². The van der Waals surface area contributed by atoms with E-state index in [9.17, 15) is 4.79 Å². The molecule has 1 amide bonds. The second kappa shape index (κ2) is 6.65. The van der Waals surface area contributed by atoms with Gasteiger partial charge in [0.25, 0.3) is 5.91 Å². The van der Waals surface area contributed by atoms with E-state index in [-0.39, 0.29) is 11.8 Å². The summed E-state index contributed by atoms with van der Waals surface area (Å²) in [5, 5.41) is 2.90. The number of ether oxygens (including phenoxy) is 3. The Morgan fingerprint density at radius 1 is 1.08 bits per heavy atom. The monoisotopic (exact) mass is 328 g/mol. The summed E-state index contributed by atoms with van der Waals surface area (Å²) in [4.78, 5) is 16.7. The molecule has 0 aliphatic carbocycles. The summed E-state index contributed by atoms with van der Waals surface area (Å²) < 4.78 is 16.7. The van der Waals surface area contributed by atoms with Gasteiger partial charge in [0.2, 0.25) is 0 Å². The average Bonchev–Trinajstić information content (AvgIpc) is 2.83. The number of amidine groups is 1. The van der Waals surface area contributed by atoms with Gasteiger partial charge in [-0.05, 0) is 36.6 Å². The van der Waals surface area contributed by atoms with E-state index in [1.165, 1.54) is 0 Å². The van der Waals surface area contributed by atoms with Crippen LogP contribution in [0.4, 0.5) is 0 Å². The Bertz CT molecular complexity index is 705. The second-order valence-electron chi connectivity index (χ2n) is 6.12. The minimum Gasteiger partial charge on any atom is -0.490 e. The molecule has 6 heteroatoms. The lowest BCUT2D eigenvalue weighted by Gasteiger charge is -2.21. The van der Waals surface area contributed by atoms with Gasteiger partial charge in [-0.25, -0.2) is 4.99 Å². The fraction of sp³-hybridized carbons (Fsp3) is 0.444. The quantitative estimate of drug-likeness (QED) is 0.845. The zero-order chi connectivity index (χ0) is 16.4. The van der Waals surface area contributed by atoms with E-state index in [1.807, 2.05) is 18.2 Å². The minimum absolute atomic E-state index is 0.149. The maximum absolute atomic E-state index is 12.2. The summed E-state index contributed by atoms with van der Waals surface area (Å²) >= 11 is 0. The molecule has 4 rings (SSSR count). The molecular weight excluding hydrogens is 308 g/mol. The van der Waals surface area contributed by atoms with Crippen molar-refractivity contribution < 1.29 is 19.0 Å². The third-order valence-corrected chi connectivity index (χ3v) is 4.40. The molecule has 0 radical (unpaired) electrons. The smallest absolute Gasteiger partial charge is 0.275 e. The van der Waals surface area contributed by atoms with Crippen LogP contribution >= 0.6 is 0 Å². The van der Waals surface area contributed by atoms with Gasteiger partial charge >= 0.3 is 0 Å². The number of aliphatic imine (C=N–C) groups is 1. The third kappa shape index (κ3) is 3.14. The van der Waals surface area contributed by atoms with Gasteiger partial charge in [-0.1, -0.05) is 6.07 Å². The van der Waals surface area contributed by atoms with Crippen molar-refractivity contribution in [2.45, 2.75) is 19.3 Å². The van der Waals surface area contributed by atoms with Crippen molar-refractivity contribution in [1.82, 2.24) is 5.32 Å². The van der Waals surface area contributed by atoms with Gasteiger partial charge in [0, 0.05) is 25.6 Å². The number of rotatable bonds is 2. The van der Waals surface area contributed by atoms with Crippen LogP contribution in [-0.2, 0) is 9.53 Å².